The van der Waals surface area contributed by atoms with Gasteiger partial charge in [0.05, 0.1) is 0 Å². The molecule has 1 saturated carbocycles. The summed E-state index contributed by atoms with van der Waals surface area (Å²) >= 11 is 0. The number of halogens is 1. The summed E-state index contributed by atoms with van der Waals surface area (Å²) in [6.07, 6.45) is 7.56. The molecule has 128 valence electrons. The Morgan fingerprint density at radius 2 is 1.73 bits per heavy atom. The maximum absolute atomic E-state index is 12.3. The first kappa shape index (κ1) is 19.2. The molecular weight excluding hydrogens is 302 g/mol. The standard InChI is InChI=1S/C16H29N3O2.ClH/c1-12(11-17)16(21)19-9-7-13(8-10-19)15(20)18-14-5-3-2-4-6-14;/h12-14H,2-11,17H2,1H3,(H,18,20);1H. The van der Waals surface area contributed by atoms with Gasteiger partial charge in [-0.2, -0.15) is 0 Å². The predicted octanol–water partition coefficient (Wildman–Crippen LogP) is 1.69. The van der Waals surface area contributed by atoms with Crippen molar-refractivity contribution < 1.29 is 9.59 Å². The van der Waals surface area contributed by atoms with E-state index in [4.69, 9.17) is 5.73 Å². The van der Waals surface area contributed by atoms with Crippen LogP contribution in [0.3, 0.4) is 0 Å². The SMILES string of the molecule is CC(CN)C(=O)N1CCC(C(=O)NC2CCCCC2)CC1.Cl. The van der Waals surface area contributed by atoms with Gasteiger partial charge in [0.2, 0.25) is 11.8 Å². The molecule has 2 amide bonds. The molecule has 0 bridgehead atoms. The molecule has 1 unspecified atom stereocenters. The van der Waals surface area contributed by atoms with Crippen molar-refractivity contribution in [3.63, 3.8) is 0 Å². The lowest BCUT2D eigenvalue weighted by Crippen LogP contribution is -2.47. The Hall–Kier alpha value is -0.810. The molecule has 1 saturated heterocycles. The molecule has 1 aliphatic heterocycles. The highest BCUT2D eigenvalue weighted by molar-refractivity contribution is 5.85. The summed E-state index contributed by atoms with van der Waals surface area (Å²) in [5.74, 6) is 0.284. The van der Waals surface area contributed by atoms with Crippen LogP contribution >= 0.6 is 12.4 Å². The highest BCUT2D eigenvalue weighted by Crippen LogP contribution is 2.21. The fourth-order valence-electron chi connectivity index (χ4n) is 3.34. The number of carbonyl (C=O) groups is 2. The number of nitrogens with two attached hydrogens (primary N) is 1. The lowest BCUT2D eigenvalue weighted by atomic mass is 9.92. The van der Waals surface area contributed by atoms with Crippen LogP contribution in [0.1, 0.15) is 51.9 Å². The van der Waals surface area contributed by atoms with Crippen molar-refractivity contribution >= 4 is 24.2 Å². The van der Waals surface area contributed by atoms with Gasteiger partial charge in [-0.1, -0.05) is 26.2 Å². The van der Waals surface area contributed by atoms with Gasteiger partial charge in [-0.25, -0.2) is 0 Å². The van der Waals surface area contributed by atoms with E-state index in [2.05, 4.69) is 5.32 Å². The third kappa shape index (κ3) is 5.13. The average Bonchev–Trinajstić information content (AvgIpc) is 2.54. The Morgan fingerprint density at radius 1 is 1.14 bits per heavy atom. The number of hydrogen-bond acceptors (Lipinski definition) is 3. The van der Waals surface area contributed by atoms with Gasteiger partial charge in [-0.05, 0) is 25.7 Å². The van der Waals surface area contributed by atoms with Crippen molar-refractivity contribution in [2.24, 2.45) is 17.6 Å². The van der Waals surface area contributed by atoms with Crippen LogP contribution in [0.5, 0.6) is 0 Å². The van der Waals surface area contributed by atoms with Gasteiger partial charge in [-0.15, -0.1) is 12.4 Å². The van der Waals surface area contributed by atoms with Crippen LogP contribution in [-0.2, 0) is 9.59 Å². The van der Waals surface area contributed by atoms with Crippen molar-refractivity contribution in [1.29, 1.82) is 0 Å². The topological polar surface area (TPSA) is 75.4 Å². The Bertz CT molecular complexity index is 364. The highest BCUT2D eigenvalue weighted by Gasteiger charge is 2.29. The normalized spacial score (nSPS) is 21.8. The molecule has 5 nitrogen and oxygen atoms in total. The van der Waals surface area contributed by atoms with E-state index in [1.807, 2.05) is 11.8 Å². The molecule has 0 aromatic heterocycles. The van der Waals surface area contributed by atoms with Crippen LogP contribution in [0.25, 0.3) is 0 Å². The lowest BCUT2D eigenvalue weighted by molar-refractivity contribution is -0.138. The molecule has 2 aliphatic rings. The van der Waals surface area contributed by atoms with E-state index in [1.54, 1.807) is 0 Å². The van der Waals surface area contributed by atoms with Gasteiger partial charge in [0.15, 0.2) is 0 Å². The van der Waals surface area contributed by atoms with E-state index in [-0.39, 0.29) is 36.1 Å². The Morgan fingerprint density at radius 3 is 2.27 bits per heavy atom. The first-order chi connectivity index (χ1) is 10.1. The molecule has 0 aromatic rings. The van der Waals surface area contributed by atoms with Gasteiger partial charge >= 0.3 is 0 Å². The van der Waals surface area contributed by atoms with Gasteiger partial charge in [0, 0.05) is 37.5 Å². The first-order valence-corrected chi connectivity index (χ1v) is 8.41. The zero-order chi connectivity index (χ0) is 15.2. The molecule has 0 aromatic carbocycles. The number of hydrogen-bond donors (Lipinski definition) is 2. The molecule has 22 heavy (non-hydrogen) atoms. The minimum Gasteiger partial charge on any atom is -0.353 e. The van der Waals surface area contributed by atoms with Gasteiger partial charge in [0.1, 0.15) is 0 Å². The monoisotopic (exact) mass is 331 g/mol. The number of piperidine rings is 1. The number of nitrogens with one attached hydrogen (secondary N) is 1. The fraction of sp³-hybridized carbons (Fsp3) is 0.875. The highest BCUT2D eigenvalue weighted by atomic mass is 35.5. The van der Waals surface area contributed by atoms with Gasteiger partial charge in [-0.3, -0.25) is 9.59 Å². The van der Waals surface area contributed by atoms with Crippen molar-refractivity contribution in [3.8, 4) is 0 Å². The van der Waals surface area contributed by atoms with Crippen LogP contribution < -0.4 is 11.1 Å². The third-order valence-corrected chi connectivity index (χ3v) is 4.90. The van der Waals surface area contributed by atoms with Crippen LogP contribution in [-0.4, -0.2) is 42.4 Å². The van der Waals surface area contributed by atoms with Crippen LogP contribution in [0.4, 0.5) is 0 Å². The first-order valence-electron chi connectivity index (χ1n) is 8.41. The smallest absolute Gasteiger partial charge is 0.226 e. The van der Waals surface area contributed by atoms with Crippen molar-refractivity contribution in [2.45, 2.75) is 57.9 Å². The maximum atomic E-state index is 12.3. The summed E-state index contributed by atoms with van der Waals surface area (Å²) in [7, 11) is 0. The molecule has 1 heterocycles. The largest absolute Gasteiger partial charge is 0.353 e. The van der Waals surface area contributed by atoms with Gasteiger partial charge < -0.3 is 16.0 Å². The quantitative estimate of drug-likeness (QED) is 0.823. The van der Waals surface area contributed by atoms with E-state index in [0.717, 1.165) is 25.7 Å². The fourth-order valence-corrected chi connectivity index (χ4v) is 3.34. The Balaban J connectivity index is 0.00000242. The Kier molecular flexibility index (Phi) is 8.18. The van der Waals surface area contributed by atoms with Crippen LogP contribution in [0, 0.1) is 11.8 Å². The molecular formula is C16H30ClN3O2. The zero-order valence-corrected chi connectivity index (χ0v) is 14.4. The summed E-state index contributed by atoms with van der Waals surface area (Å²) in [4.78, 5) is 26.2. The molecule has 1 atom stereocenters. The molecule has 2 rings (SSSR count). The molecule has 2 fully saturated rings. The second-order valence-corrected chi connectivity index (χ2v) is 6.58. The second-order valence-electron chi connectivity index (χ2n) is 6.58. The molecule has 6 heteroatoms. The second kappa shape index (κ2) is 9.36. The third-order valence-electron chi connectivity index (χ3n) is 4.90. The number of amides is 2. The molecule has 0 radical (unpaired) electrons. The van der Waals surface area contributed by atoms with E-state index in [0.29, 0.717) is 25.7 Å². The van der Waals surface area contributed by atoms with Crippen LogP contribution in [0.2, 0.25) is 0 Å². The van der Waals surface area contributed by atoms with E-state index < -0.39 is 0 Å². The number of nitrogens with zero attached hydrogens (tertiary/aromatic N) is 1. The average molecular weight is 332 g/mol. The van der Waals surface area contributed by atoms with Crippen molar-refractivity contribution in [3.05, 3.63) is 0 Å². The molecule has 0 spiro atoms. The van der Waals surface area contributed by atoms with E-state index in [9.17, 15) is 9.59 Å². The zero-order valence-electron chi connectivity index (χ0n) is 13.6. The lowest BCUT2D eigenvalue weighted by Gasteiger charge is -2.34. The summed E-state index contributed by atoms with van der Waals surface area (Å²) in [5.41, 5.74) is 5.55. The van der Waals surface area contributed by atoms with Crippen molar-refractivity contribution in [2.75, 3.05) is 19.6 Å². The minimum absolute atomic E-state index is 0. The summed E-state index contributed by atoms with van der Waals surface area (Å²) in [6.45, 7) is 3.63. The van der Waals surface area contributed by atoms with Gasteiger partial charge in [0.25, 0.3) is 0 Å². The number of likely N-dealkylation sites (tertiary alicyclic amines) is 1. The van der Waals surface area contributed by atoms with Crippen LogP contribution in [0.15, 0.2) is 0 Å². The molecule has 1 aliphatic carbocycles. The number of carbonyl (C=O) groups excluding carboxylic acids is 2. The summed E-state index contributed by atoms with van der Waals surface area (Å²) in [6, 6.07) is 0.378. The summed E-state index contributed by atoms with van der Waals surface area (Å²) in [5, 5.41) is 3.20. The minimum atomic E-state index is -0.113. The number of rotatable bonds is 4. The maximum Gasteiger partial charge on any atom is 0.226 e. The van der Waals surface area contributed by atoms with E-state index in [1.165, 1.54) is 19.3 Å². The summed E-state index contributed by atoms with van der Waals surface area (Å²) < 4.78 is 0. The van der Waals surface area contributed by atoms with E-state index >= 15 is 0 Å². The van der Waals surface area contributed by atoms with Crippen molar-refractivity contribution in [1.82, 2.24) is 10.2 Å². The molecule has 3 N–H and O–H groups in total. The Labute approximate surface area is 139 Å². The predicted molar refractivity (Wildman–Crippen MR) is 89.8 cm³/mol.